The minimum Gasteiger partial charge on any atom is -0.455 e. The van der Waals surface area contributed by atoms with E-state index in [0.29, 0.717) is 40.5 Å². The van der Waals surface area contributed by atoms with Gasteiger partial charge in [0.15, 0.2) is 34.9 Å². The number of rotatable bonds is 13. The second-order valence-electron chi connectivity index (χ2n) is 29.1. The van der Waals surface area contributed by atoms with Crippen molar-refractivity contribution in [2.24, 2.45) is 0 Å². The average molecular weight is 1450 g/mol. The predicted molar refractivity (Wildman–Crippen MR) is 468 cm³/mol. The van der Waals surface area contributed by atoms with Crippen molar-refractivity contribution in [2.75, 3.05) is 0 Å². The van der Waals surface area contributed by atoms with Crippen LogP contribution in [0.25, 0.3) is 233 Å². The molecule has 4 aromatic heterocycles. The van der Waals surface area contributed by atoms with Crippen LogP contribution in [0.5, 0.6) is 0 Å². The van der Waals surface area contributed by atoms with Crippen LogP contribution >= 0.6 is 0 Å². The van der Waals surface area contributed by atoms with Crippen molar-refractivity contribution < 1.29 is 8.83 Å². The van der Waals surface area contributed by atoms with Gasteiger partial charge in [0.25, 0.3) is 0 Å². The van der Waals surface area contributed by atoms with E-state index in [2.05, 4.69) is 297 Å². The number of aromatic nitrogens is 6. The maximum atomic E-state index is 7.02. The van der Waals surface area contributed by atoms with E-state index in [1.54, 1.807) is 0 Å². The molecule has 22 rings (SSSR count). The first-order valence-corrected chi connectivity index (χ1v) is 38.4. The Hall–Kier alpha value is -15.4. The van der Waals surface area contributed by atoms with Crippen molar-refractivity contribution in [3.63, 3.8) is 0 Å². The molecule has 0 saturated heterocycles. The smallest absolute Gasteiger partial charge is 0.167 e. The summed E-state index contributed by atoms with van der Waals surface area (Å²) in [7, 11) is 0. The molecule has 0 radical (unpaired) electrons. The lowest BCUT2D eigenvalue weighted by Crippen LogP contribution is -2.01. The normalized spacial score (nSPS) is 11.7. The van der Waals surface area contributed by atoms with Gasteiger partial charge < -0.3 is 8.83 Å². The summed E-state index contributed by atoms with van der Waals surface area (Å²) in [5, 5.41) is 13.2. The molecule has 0 amide bonds. The summed E-state index contributed by atoms with van der Waals surface area (Å²) >= 11 is 0. The minimum absolute atomic E-state index is 0.497. The third-order valence-corrected chi connectivity index (χ3v) is 22.4. The van der Waals surface area contributed by atoms with Crippen molar-refractivity contribution in [3.05, 3.63) is 388 Å². The van der Waals surface area contributed by atoms with E-state index >= 15 is 0 Å². The van der Waals surface area contributed by atoms with Crippen molar-refractivity contribution in [3.8, 4) is 146 Å². The highest BCUT2D eigenvalue weighted by atomic mass is 16.3. The molecular formula is C106H64N6O2. The van der Waals surface area contributed by atoms with Gasteiger partial charge in [-0.15, -0.1) is 0 Å². The van der Waals surface area contributed by atoms with Gasteiger partial charge >= 0.3 is 0 Å². The van der Waals surface area contributed by atoms with Gasteiger partial charge in [-0.05, 0) is 176 Å². The Kier molecular flexibility index (Phi) is 15.7. The maximum absolute atomic E-state index is 7.02. The van der Waals surface area contributed by atoms with Crippen LogP contribution in [0.15, 0.2) is 397 Å². The highest BCUT2D eigenvalue weighted by molar-refractivity contribution is 6.19. The highest BCUT2D eigenvalue weighted by Crippen LogP contribution is 2.49. The van der Waals surface area contributed by atoms with Crippen LogP contribution in [0.3, 0.4) is 0 Å². The molecular weight excluding hydrogens is 1390 g/mol. The second kappa shape index (κ2) is 27.3. The van der Waals surface area contributed by atoms with Gasteiger partial charge in [-0.2, -0.15) is 0 Å². The predicted octanol–water partition coefficient (Wildman–Crippen LogP) is 28.1. The molecule has 114 heavy (non-hydrogen) atoms. The molecule has 0 saturated carbocycles. The fourth-order valence-corrected chi connectivity index (χ4v) is 16.9. The van der Waals surface area contributed by atoms with Crippen molar-refractivity contribution in [1.82, 2.24) is 29.9 Å². The first-order valence-electron chi connectivity index (χ1n) is 38.4. The van der Waals surface area contributed by atoms with Crippen molar-refractivity contribution in [1.29, 1.82) is 0 Å². The van der Waals surface area contributed by atoms with Crippen LogP contribution in [0.2, 0.25) is 0 Å². The molecule has 530 valence electrons. The minimum atomic E-state index is 0.497. The van der Waals surface area contributed by atoms with Crippen LogP contribution in [0.4, 0.5) is 0 Å². The molecule has 8 heteroatoms. The molecule has 0 fully saturated rings. The van der Waals surface area contributed by atoms with E-state index in [-0.39, 0.29) is 0 Å². The van der Waals surface area contributed by atoms with E-state index in [0.717, 1.165) is 171 Å². The topological polar surface area (TPSA) is 104 Å². The van der Waals surface area contributed by atoms with Crippen LogP contribution in [-0.2, 0) is 0 Å². The summed E-state index contributed by atoms with van der Waals surface area (Å²) in [5.74, 6) is 3.29. The molecule has 4 heterocycles. The molecule has 8 nitrogen and oxygen atoms in total. The molecule has 0 N–H and O–H groups in total. The van der Waals surface area contributed by atoms with Gasteiger partial charge in [0, 0.05) is 43.8 Å². The Morgan fingerprint density at radius 1 is 0.149 bits per heavy atom. The zero-order valence-electron chi connectivity index (χ0n) is 61.5. The number of nitrogens with zero attached hydrogens (tertiary/aromatic N) is 6. The zero-order chi connectivity index (χ0) is 75.2. The number of hydrogen-bond donors (Lipinski definition) is 0. The molecule has 0 unspecified atom stereocenters. The fourth-order valence-electron chi connectivity index (χ4n) is 16.9. The quantitative estimate of drug-likeness (QED) is 0.105. The lowest BCUT2D eigenvalue weighted by atomic mass is 9.84. The molecule has 0 aliphatic heterocycles. The summed E-state index contributed by atoms with van der Waals surface area (Å²) in [6, 6.07) is 138. The number of benzene rings is 18. The van der Waals surface area contributed by atoms with Crippen molar-refractivity contribution >= 4 is 87.0 Å². The van der Waals surface area contributed by atoms with Gasteiger partial charge in [-0.25, -0.2) is 29.9 Å². The Labute approximate surface area is 656 Å². The SMILES string of the molecule is c1ccc(-c2cccc(-c3ccc4ccccc4c3-c3ccc(-c4nc(-c5ccccc5)nc(-c5cc(-c6cc(-c7ccccc7)c(-c7ccc8cc(-c9ccc(-c%10nc(-c%11ccccc%11)nc(-c%11cccc%12c%11oc%11ccccc%11%12)n%10)cc9)c9ccccc9c8c7)c7ccccc67)cc6c5oc5ccccc56)n4)cc3)c2)cc1. The van der Waals surface area contributed by atoms with Gasteiger partial charge in [0.05, 0.1) is 11.1 Å². The van der Waals surface area contributed by atoms with Gasteiger partial charge in [0.1, 0.15) is 22.3 Å². The second-order valence-corrected chi connectivity index (χ2v) is 29.1. The maximum Gasteiger partial charge on any atom is 0.167 e. The van der Waals surface area contributed by atoms with E-state index in [9.17, 15) is 0 Å². The monoisotopic (exact) mass is 1450 g/mol. The number of para-hydroxylation sites is 3. The summed E-state index contributed by atoms with van der Waals surface area (Å²) in [6.07, 6.45) is 0. The van der Waals surface area contributed by atoms with Gasteiger partial charge in [-0.3, -0.25) is 0 Å². The Morgan fingerprint density at radius 3 is 1.19 bits per heavy atom. The molecule has 0 spiro atoms. The first kappa shape index (κ1) is 65.7. The Morgan fingerprint density at radius 2 is 0.553 bits per heavy atom. The highest BCUT2D eigenvalue weighted by Gasteiger charge is 2.26. The summed E-state index contributed by atoms with van der Waals surface area (Å²) in [4.78, 5) is 31.7. The van der Waals surface area contributed by atoms with Gasteiger partial charge in [-0.1, -0.05) is 334 Å². The van der Waals surface area contributed by atoms with Crippen LogP contribution in [0.1, 0.15) is 0 Å². The molecule has 0 atom stereocenters. The molecule has 0 aliphatic rings. The average Bonchev–Trinajstić information content (AvgIpc) is 1.39. The van der Waals surface area contributed by atoms with E-state index in [1.807, 2.05) is 91.0 Å². The zero-order valence-corrected chi connectivity index (χ0v) is 61.5. The molecule has 0 bridgehead atoms. The Balaban J connectivity index is 0.662. The lowest BCUT2D eigenvalue weighted by molar-refractivity contribution is 0.669. The largest absolute Gasteiger partial charge is 0.455 e. The van der Waals surface area contributed by atoms with Crippen LogP contribution < -0.4 is 0 Å². The van der Waals surface area contributed by atoms with Gasteiger partial charge in [0.2, 0.25) is 0 Å². The lowest BCUT2D eigenvalue weighted by Gasteiger charge is -2.20. The standard InChI is InChI=1S/C106H64N6O2/c1-5-25-65(26-6-1)74-34-23-35-75(59-74)80-58-57-67-29-13-14-36-79(67)97(80)69-49-53-73(54-50-69)104-108-102(71-32-11-4-12-33-71)111-106(112-104)94-63-78(62-93-85-41-20-22-46-96(85)114-100(93)94)91-64-92(66-27-7-2-8-28-66)98(86-42-18-17-39-83(86)91)77-56-55-76-60-89(81-37-15-16-38-82(81)90(76)61-77)68-47-51-72(52-48-68)103-107-101(70-30-9-3-10-31-70)109-105(110-103)88-44-24-43-87-84-40-19-21-45-95(84)113-99(87)88/h1-64H. The molecule has 22 aromatic rings. The summed E-state index contributed by atoms with van der Waals surface area (Å²) in [5.41, 5.74) is 23.7. The number of hydrogen-bond acceptors (Lipinski definition) is 8. The molecule has 0 aliphatic carbocycles. The van der Waals surface area contributed by atoms with E-state index in [1.165, 1.54) is 21.9 Å². The number of furan rings is 2. The van der Waals surface area contributed by atoms with E-state index in [4.69, 9.17) is 38.7 Å². The molecule has 18 aromatic carbocycles. The van der Waals surface area contributed by atoms with E-state index < -0.39 is 0 Å². The number of fused-ring (bicyclic) bond motifs is 11. The van der Waals surface area contributed by atoms with Crippen LogP contribution in [-0.4, -0.2) is 29.9 Å². The Bertz CT molecular complexity index is 7570. The van der Waals surface area contributed by atoms with Crippen molar-refractivity contribution in [2.45, 2.75) is 0 Å². The summed E-state index contributed by atoms with van der Waals surface area (Å²) < 4.78 is 13.5. The first-order chi connectivity index (χ1) is 56.5. The third-order valence-electron chi connectivity index (χ3n) is 22.4. The fraction of sp³-hybridized carbons (Fsp3) is 0. The third kappa shape index (κ3) is 11.5. The van der Waals surface area contributed by atoms with Crippen LogP contribution in [0, 0.1) is 0 Å². The summed E-state index contributed by atoms with van der Waals surface area (Å²) in [6.45, 7) is 0.